The van der Waals surface area contributed by atoms with Gasteiger partial charge in [-0.3, -0.25) is 4.98 Å². The van der Waals surface area contributed by atoms with Crippen molar-refractivity contribution in [2.45, 2.75) is 26.4 Å². The summed E-state index contributed by atoms with van der Waals surface area (Å²) < 4.78 is 6.86. The molecule has 0 radical (unpaired) electrons. The average molecular weight is 341 g/mol. The number of carbonyl (C=O) groups is 2. The third kappa shape index (κ3) is 2.67. The zero-order chi connectivity index (χ0) is 15.1. The van der Waals surface area contributed by atoms with Gasteiger partial charge in [-0.25, -0.2) is 14.2 Å². The summed E-state index contributed by atoms with van der Waals surface area (Å²) in [7, 11) is 0. The summed E-state index contributed by atoms with van der Waals surface area (Å²) in [6, 6.07) is 1.41. The summed E-state index contributed by atoms with van der Waals surface area (Å²) in [6.07, 6.45) is 2.22. The number of hydrogen-bond donors (Lipinski definition) is 1. The second kappa shape index (κ2) is 4.90. The second-order valence-electron chi connectivity index (χ2n) is 5.20. The first-order chi connectivity index (χ1) is 9.20. The predicted molar refractivity (Wildman–Crippen MR) is 76.0 cm³/mol. The van der Waals surface area contributed by atoms with Gasteiger partial charge in [0, 0.05) is 16.1 Å². The molecule has 2 aromatic rings. The second-order valence-corrected chi connectivity index (χ2v) is 6.06. The van der Waals surface area contributed by atoms with Crippen LogP contribution in [0.5, 0.6) is 0 Å². The maximum absolute atomic E-state index is 12.2. The Labute approximate surface area is 123 Å². The van der Waals surface area contributed by atoms with Crippen LogP contribution in [0.1, 0.15) is 31.3 Å². The van der Waals surface area contributed by atoms with E-state index < -0.39 is 17.7 Å². The fourth-order valence-corrected chi connectivity index (χ4v) is 2.18. The Morgan fingerprint density at radius 2 is 2.00 bits per heavy atom. The van der Waals surface area contributed by atoms with E-state index in [0.717, 1.165) is 4.57 Å². The lowest BCUT2D eigenvalue weighted by molar-refractivity contribution is 0.0513. The first kappa shape index (κ1) is 14.5. The summed E-state index contributed by atoms with van der Waals surface area (Å²) in [4.78, 5) is 27.5. The molecule has 0 aliphatic carbocycles. The summed E-state index contributed by atoms with van der Waals surface area (Å²) in [5.41, 5.74) is -0.503. The van der Waals surface area contributed by atoms with Crippen LogP contribution in [0.15, 0.2) is 22.9 Å². The number of carboxylic acid groups (broad SMARTS) is 1. The van der Waals surface area contributed by atoms with Crippen LogP contribution in [-0.2, 0) is 4.74 Å². The maximum Gasteiger partial charge on any atom is 0.419 e. The number of carbonyl (C=O) groups excluding carboxylic acids is 1. The standard InChI is InChI=1S/C13H13BrN2O4/c1-13(2,3)20-12(19)16-9(11(17)18)4-7-8(14)5-15-6-10(7)16/h4-6H,1-3H3,(H,17,18). The van der Waals surface area contributed by atoms with Gasteiger partial charge in [-0.1, -0.05) is 0 Å². The molecule has 7 heteroatoms. The summed E-state index contributed by atoms with van der Waals surface area (Å²) in [5, 5.41) is 9.83. The minimum Gasteiger partial charge on any atom is -0.477 e. The van der Waals surface area contributed by atoms with Gasteiger partial charge < -0.3 is 9.84 Å². The molecule has 0 aliphatic heterocycles. The molecule has 106 valence electrons. The highest BCUT2D eigenvalue weighted by molar-refractivity contribution is 9.10. The van der Waals surface area contributed by atoms with Crippen LogP contribution in [-0.4, -0.2) is 32.3 Å². The SMILES string of the molecule is CC(C)(C)OC(=O)n1c(C(=O)O)cc2c(Br)cncc21. The normalized spacial score (nSPS) is 11.6. The lowest BCUT2D eigenvalue weighted by Gasteiger charge is -2.20. The van der Waals surface area contributed by atoms with E-state index in [1.165, 1.54) is 18.5 Å². The number of pyridine rings is 1. The largest absolute Gasteiger partial charge is 0.477 e. The van der Waals surface area contributed by atoms with E-state index in [0.29, 0.717) is 15.4 Å². The van der Waals surface area contributed by atoms with Crippen LogP contribution in [0.25, 0.3) is 10.9 Å². The van der Waals surface area contributed by atoms with Gasteiger partial charge in [0.15, 0.2) is 0 Å². The van der Waals surface area contributed by atoms with E-state index in [2.05, 4.69) is 20.9 Å². The Morgan fingerprint density at radius 1 is 1.35 bits per heavy atom. The van der Waals surface area contributed by atoms with Crippen molar-refractivity contribution in [1.29, 1.82) is 0 Å². The van der Waals surface area contributed by atoms with Crippen molar-refractivity contribution in [1.82, 2.24) is 9.55 Å². The third-order valence-electron chi connectivity index (χ3n) is 2.48. The molecule has 0 spiro atoms. The molecular weight excluding hydrogens is 328 g/mol. The van der Waals surface area contributed by atoms with Crippen molar-refractivity contribution in [3.05, 3.63) is 28.6 Å². The first-order valence-corrected chi connectivity index (χ1v) is 6.61. The molecule has 2 aromatic heterocycles. The Hall–Kier alpha value is -1.89. The average Bonchev–Trinajstić information content (AvgIpc) is 2.67. The van der Waals surface area contributed by atoms with Crippen LogP contribution in [0.4, 0.5) is 4.79 Å². The van der Waals surface area contributed by atoms with Gasteiger partial charge in [0.05, 0.1) is 11.7 Å². The molecule has 0 saturated carbocycles. The van der Waals surface area contributed by atoms with Gasteiger partial charge in [0.2, 0.25) is 0 Å². The van der Waals surface area contributed by atoms with Crippen molar-refractivity contribution in [3.63, 3.8) is 0 Å². The molecule has 1 N–H and O–H groups in total. The van der Waals surface area contributed by atoms with Crippen LogP contribution in [0, 0.1) is 0 Å². The molecule has 6 nitrogen and oxygen atoms in total. The number of rotatable bonds is 1. The maximum atomic E-state index is 12.2. The number of halogens is 1. The molecule has 2 heterocycles. The molecule has 20 heavy (non-hydrogen) atoms. The minimum atomic E-state index is -1.21. The lowest BCUT2D eigenvalue weighted by atomic mass is 10.2. The minimum absolute atomic E-state index is 0.164. The quantitative estimate of drug-likeness (QED) is 0.861. The predicted octanol–water partition coefficient (Wildman–Crippen LogP) is 3.28. The van der Waals surface area contributed by atoms with Crippen LogP contribution < -0.4 is 0 Å². The van der Waals surface area contributed by atoms with Crippen molar-refractivity contribution < 1.29 is 19.4 Å². The highest BCUT2D eigenvalue weighted by atomic mass is 79.9. The van der Waals surface area contributed by atoms with Crippen LogP contribution in [0.2, 0.25) is 0 Å². The molecule has 0 aliphatic rings. The molecule has 0 bridgehead atoms. The number of carboxylic acids is 1. The van der Waals surface area contributed by atoms with Gasteiger partial charge >= 0.3 is 12.1 Å². The topological polar surface area (TPSA) is 81.4 Å². The first-order valence-electron chi connectivity index (χ1n) is 5.82. The van der Waals surface area contributed by atoms with Crippen molar-refractivity contribution in [3.8, 4) is 0 Å². The number of aromatic carboxylic acids is 1. The summed E-state index contributed by atoms with van der Waals surface area (Å²) >= 11 is 3.28. The van der Waals surface area contributed by atoms with Gasteiger partial charge in [0.25, 0.3) is 0 Å². The number of aromatic nitrogens is 2. The molecule has 0 unspecified atom stereocenters. The lowest BCUT2D eigenvalue weighted by Crippen LogP contribution is -2.28. The Kier molecular flexibility index (Phi) is 3.56. The number of fused-ring (bicyclic) bond motifs is 1. The summed E-state index contributed by atoms with van der Waals surface area (Å²) in [6.45, 7) is 5.14. The third-order valence-corrected chi connectivity index (χ3v) is 3.11. The van der Waals surface area contributed by atoms with Gasteiger partial charge in [-0.2, -0.15) is 0 Å². The van der Waals surface area contributed by atoms with E-state index in [-0.39, 0.29) is 5.69 Å². The van der Waals surface area contributed by atoms with Crippen LogP contribution >= 0.6 is 15.9 Å². The van der Waals surface area contributed by atoms with E-state index in [1.54, 1.807) is 20.8 Å². The summed E-state index contributed by atoms with van der Waals surface area (Å²) in [5.74, 6) is -1.21. The van der Waals surface area contributed by atoms with E-state index in [9.17, 15) is 14.7 Å². The van der Waals surface area contributed by atoms with Crippen LogP contribution in [0.3, 0.4) is 0 Å². The van der Waals surface area contributed by atoms with E-state index in [1.807, 2.05) is 0 Å². The van der Waals surface area contributed by atoms with Crippen molar-refractivity contribution in [2.24, 2.45) is 0 Å². The smallest absolute Gasteiger partial charge is 0.419 e. The molecule has 0 atom stereocenters. The van der Waals surface area contributed by atoms with Gasteiger partial charge in [-0.15, -0.1) is 0 Å². The molecule has 2 rings (SSSR count). The monoisotopic (exact) mass is 340 g/mol. The molecule has 0 fully saturated rings. The molecule has 0 saturated heterocycles. The zero-order valence-electron chi connectivity index (χ0n) is 11.2. The van der Waals surface area contributed by atoms with E-state index >= 15 is 0 Å². The number of hydrogen-bond acceptors (Lipinski definition) is 4. The zero-order valence-corrected chi connectivity index (χ0v) is 12.8. The fraction of sp³-hybridized carbons (Fsp3) is 0.308. The van der Waals surface area contributed by atoms with Gasteiger partial charge in [-0.05, 0) is 42.8 Å². The van der Waals surface area contributed by atoms with Crippen molar-refractivity contribution >= 4 is 38.9 Å². The Bertz CT molecular complexity index is 700. The highest BCUT2D eigenvalue weighted by Crippen LogP contribution is 2.27. The van der Waals surface area contributed by atoms with E-state index in [4.69, 9.17) is 4.74 Å². The Morgan fingerprint density at radius 3 is 2.55 bits per heavy atom. The van der Waals surface area contributed by atoms with Crippen molar-refractivity contribution in [2.75, 3.05) is 0 Å². The molecular formula is C13H13BrN2O4. The fourth-order valence-electron chi connectivity index (χ4n) is 1.75. The molecule has 0 aromatic carbocycles. The Balaban J connectivity index is 2.67. The number of ether oxygens (including phenoxy) is 1. The van der Waals surface area contributed by atoms with Gasteiger partial charge in [0.1, 0.15) is 11.3 Å². The molecule has 0 amide bonds. The highest BCUT2D eigenvalue weighted by Gasteiger charge is 2.25. The number of nitrogens with zero attached hydrogens (tertiary/aromatic N) is 2.